The number of carbonyl (C=O) groups excluding carboxylic acids is 1. The molecular weight excluding hydrogens is 354 g/mol. The molecule has 3 N–H and O–H groups in total. The predicted octanol–water partition coefficient (Wildman–Crippen LogP) is 2.25. The minimum Gasteiger partial charge on any atom is -0.300 e. The van der Waals surface area contributed by atoms with Crippen molar-refractivity contribution in [2.45, 2.75) is 37.3 Å². The molecule has 2 aromatic rings. The molecular formula is C17H19N5O3S. The number of unbranched alkanes of at least 4 members (excludes halogenated alkanes) is 3. The van der Waals surface area contributed by atoms with Crippen molar-refractivity contribution in [2.75, 3.05) is 5.75 Å². The van der Waals surface area contributed by atoms with Gasteiger partial charge in [-0.15, -0.1) is 0 Å². The lowest BCUT2D eigenvalue weighted by Gasteiger charge is -2.06. The Balaban J connectivity index is 1.92. The van der Waals surface area contributed by atoms with E-state index in [0.717, 1.165) is 25.0 Å². The Morgan fingerprint density at radius 2 is 2.15 bits per heavy atom. The van der Waals surface area contributed by atoms with E-state index < -0.39 is 5.56 Å². The normalized spacial score (nSPS) is 10.3. The van der Waals surface area contributed by atoms with E-state index in [4.69, 9.17) is 5.21 Å². The van der Waals surface area contributed by atoms with Crippen molar-refractivity contribution in [3.63, 3.8) is 0 Å². The Hall–Kier alpha value is -2.70. The summed E-state index contributed by atoms with van der Waals surface area (Å²) in [7, 11) is 0. The van der Waals surface area contributed by atoms with Crippen molar-refractivity contribution in [3.05, 3.63) is 40.4 Å². The minimum atomic E-state index is -0.459. The second kappa shape index (κ2) is 10.3. The summed E-state index contributed by atoms with van der Waals surface area (Å²) in [5.74, 6) is 0.384. The van der Waals surface area contributed by atoms with Crippen LogP contribution < -0.4 is 11.0 Å². The third-order valence-corrected chi connectivity index (χ3v) is 4.57. The molecule has 0 saturated heterocycles. The summed E-state index contributed by atoms with van der Waals surface area (Å²) in [4.78, 5) is 34.1. The fraction of sp³-hybridized carbons (Fsp3) is 0.353. The molecule has 8 nitrogen and oxygen atoms in total. The molecule has 1 amide bonds. The highest BCUT2D eigenvalue weighted by atomic mass is 32.2. The number of nitrogens with zero attached hydrogens (tertiary/aromatic N) is 3. The molecule has 0 radical (unpaired) electrons. The average Bonchev–Trinajstić information content (AvgIpc) is 2.67. The minimum absolute atomic E-state index is 0.0236. The molecule has 26 heavy (non-hydrogen) atoms. The molecule has 0 aliphatic heterocycles. The van der Waals surface area contributed by atoms with Crippen LogP contribution in [-0.2, 0) is 4.79 Å². The Kier molecular flexibility index (Phi) is 7.79. The van der Waals surface area contributed by atoms with Gasteiger partial charge in [-0.25, -0.2) is 10.5 Å². The Bertz CT molecular complexity index is 833. The Morgan fingerprint density at radius 3 is 2.85 bits per heavy atom. The molecule has 0 bridgehead atoms. The van der Waals surface area contributed by atoms with Gasteiger partial charge in [-0.1, -0.05) is 24.6 Å². The van der Waals surface area contributed by atoms with E-state index in [1.807, 2.05) is 6.07 Å². The quantitative estimate of drug-likeness (QED) is 0.202. The summed E-state index contributed by atoms with van der Waals surface area (Å²) in [6.07, 6.45) is 6.92. The van der Waals surface area contributed by atoms with Crippen LogP contribution in [0.2, 0.25) is 0 Å². The Labute approximate surface area is 154 Å². The first-order valence-electron chi connectivity index (χ1n) is 8.16. The monoisotopic (exact) mass is 373 g/mol. The maximum atomic E-state index is 12.1. The number of amides is 1. The van der Waals surface area contributed by atoms with E-state index >= 15 is 0 Å². The van der Waals surface area contributed by atoms with Crippen molar-refractivity contribution in [1.82, 2.24) is 20.4 Å². The number of nitrogens with one attached hydrogen (secondary N) is 2. The van der Waals surface area contributed by atoms with E-state index in [2.05, 4.69) is 15.0 Å². The number of hydrogen-bond acceptors (Lipinski definition) is 7. The van der Waals surface area contributed by atoms with Gasteiger partial charge in [0.15, 0.2) is 5.16 Å². The molecule has 9 heteroatoms. The highest BCUT2D eigenvalue weighted by Crippen LogP contribution is 2.21. The lowest BCUT2D eigenvalue weighted by Crippen LogP contribution is -2.17. The van der Waals surface area contributed by atoms with Gasteiger partial charge in [-0.2, -0.15) is 5.26 Å². The fourth-order valence-electron chi connectivity index (χ4n) is 2.30. The molecule has 0 aliphatic carbocycles. The van der Waals surface area contributed by atoms with Gasteiger partial charge in [0.2, 0.25) is 5.91 Å². The van der Waals surface area contributed by atoms with E-state index in [9.17, 15) is 14.9 Å². The number of aromatic nitrogens is 3. The van der Waals surface area contributed by atoms with Crippen LogP contribution >= 0.6 is 11.8 Å². The van der Waals surface area contributed by atoms with E-state index in [1.165, 1.54) is 11.8 Å². The average molecular weight is 373 g/mol. The summed E-state index contributed by atoms with van der Waals surface area (Å²) in [6, 6.07) is 5.38. The van der Waals surface area contributed by atoms with Gasteiger partial charge in [-0.05, 0) is 25.0 Å². The largest absolute Gasteiger partial charge is 0.300 e. The number of pyridine rings is 1. The molecule has 0 spiro atoms. The zero-order valence-corrected chi connectivity index (χ0v) is 14.9. The number of hydrogen-bond donors (Lipinski definition) is 3. The van der Waals surface area contributed by atoms with Crippen molar-refractivity contribution < 1.29 is 10.0 Å². The van der Waals surface area contributed by atoms with Crippen molar-refractivity contribution in [2.24, 2.45) is 0 Å². The summed E-state index contributed by atoms with van der Waals surface area (Å²) in [5.41, 5.74) is 2.09. The number of aromatic amines is 1. The maximum absolute atomic E-state index is 12.1. The summed E-state index contributed by atoms with van der Waals surface area (Å²) in [6.45, 7) is 0. The van der Waals surface area contributed by atoms with E-state index in [0.29, 0.717) is 29.3 Å². The van der Waals surface area contributed by atoms with Gasteiger partial charge < -0.3 is 4.98 Å². The number of nitriles is 1. The van der Waals surface area contributed by atoms with Crippen LogP contribution in [0.25, 0.3) is 11.3 Å². The van der Waals surface area contributed by atoms with Crippen molar-refractivity contribution in [3.8, 4) is 17.3 Å². The number of H-pyrrole nitrogens is 1. The third-order valence-electron chi connectivity index (χ3n) is 3.61. The first kappa shape index (κ1) is 19.6. The molecule has 2 rings (SSSR count). The molecule has 2 aromatic heterocycles. The summed E-state index contributed by atoms with van der Waals surface area (Å²) in [5, 5.41) is 18.1. The standard InChI is InChI=1S/C17H19N5O3S/c18-10-13-15(12-6-5-8-19-11-12)20-17(21-16(13)24)26-9-4-2-1-3-7-14(23)22-25/h5-6,8,11,25H,1-4,7,9H2,(H,22,23)(H,20,21,24). The highest BCUT2D eigenvalue weighted by molar-refractivity contribution is 7.99. The Morgan fingerprint density at radius 1 is 1.35 bits per heavy atom. The molecule has 0 fully saturated rings. The van der Waals surface area contributed by atoms with Gasteiger partial charge in [0, 0.05) is 30.1 Å². The summed E-state index contributed by atoms with van der Waals surface area (Å²) < 4.78 is 0. The lowest BCUT2D eigenvalue weighted by molar-refractivity contribution is -0.129. The smallest absolute Gasteiger partial charge is 0.270 e. The van der Waals surface area contributed by atoms with Gasteiger partial charge in [0.1, 0.15) is 11.6 Å². The van der Waals surface area contributed by atoms with Gasteiger partial charge in [-0.3, -0.25) is 19.8 Å². The third kappa shape index (κ3) is 5.68. The number of thioether (sulfide) groups is 1. The van der Waals surface area contributed by atoms with Crippen molar-refractivity contribution in [1.29, 1.82) is 5.26 Å². The highest BCUT2D eigenvalue weighted by Gasteiger charge is 2.13. The van der Waals surface area contributed by atoms with Crippen LogP contribution in [0.4, 0.5) is 0 Å². The van der Waals surface area contributed by atoms with Crippen molar-refractivity contribution >= 4 is 17.7 Å². The molecule has 0 aromatic carbocycles. The first-order chi connectivity index (χ1) is 12.7. The zero-order valence-electron chi connectivity index (χ0n) is 14.1. The van der Waals surface area contributed by atoms with Crippen LogP contribution in [-0.4, -0.2) is 31.8 Å². The van der Waals surface area contributed by atoms with Gasteiger partial charge in [0.25, 0.3) is 5.56 Å². The second-order valence-corrected chi connectivity index (χ2v) is 6.58. The molecule has 136 valence electrons. The zero-order chi connectivity index (χ0) is 18.8. The maximum Gasteiger partial charge on any atom is 0.270 e. The van der Waals surface area contributed by atoms with Crippen LogP contribution in [0, 0.1) is 11.3 Å². The lowest BCUT2D eigenvalue weighted by atomic mass is 10.1. The number of rotatable bonds is 9. The van der Waals surface area contributed by atoms with Crippen LogP contribution in [0.15, 0.2) is 34.5 Å². The molecule has 0 unspecified atom stereocenters. The van der Waals surface area contributed by atoms with Crippen LogP contribution in [0.3, 0.4) is 0 Å². The van der Waals surface area contributed by atoms with Crippen LogP contribution in [0.5, 0.6) is 0 Å². The molecule has 0 atom stereocenters. The van der Waals surface area contributed by atoms with Crippen LogP contribution in [0.1, 0.15) is 37.7 Å². The second-order valence-electron chi connectivity index (χ2n) is 5.50. The van der Waals surface area contributed by atoms with Gasteiger partial charge >= 0.3 is 0 Å². The predicted molar refractivity (Wildman–Crippen MR) is 96.5 cm³/mol. The van der Waals surface area contributed by atoms with Gasteiger partial charge in [0.05, 0.1) is 5.69 Å². The topological polar surface area (TPSA) is 132 Å². The van der Waals surface area contributed by atoms with E-state index in [-0.39, 0.29) is 11.5 Å². The molecule has 2 heterocycles. The molecule has 0 saturated carbocycles. The fourth-order valence-corrected chi connectivity index (χ4v) is 3.16. The number of carbonyl (C=O) groups is 1. The first-order valence-corrected chi connectivity index (χ1v) is 9.15. The number of hydroxylamine groups is 1. The van der Waals surface area contributed by atoms with E-state index in [1.54, 1.807) is 30.0 Å². The summed E-state index contributed by atoms with van der Waals surface area (Å²) >= 11 is 1.42. The molecule has 0 aliphatic rings. The SMILES string of the molecule is N#Cc1c(-c2cccnc2)nc(SCCCCCCC(=O)NO)[nH]c1=O.